The molecule has 86 valence electrons. The molecule has 0 bridgehead atoms. The van der Waals surface area contributed by atoms with E-state index in [0.29, 0.717) is 12.6 Å². The van der Waals surface area contributed by atoms with Gasteiger partial charge >= 0.3 is 0 Å². The molecule has 1 heterocycles. The van der Waals surface area contributed by atoms with Gasteiger partial charge in [-0.05, 0) is 17.7 Å². The van der Waals surface area contributed by atoms with Gasteiger partial charge < -0.3 is 15.8 Å². The van der Waals surface area contributed by atoms with Crippen LogP contribution in [0.4, 0.5) is 0 Å². The van der Waals surface area contributed by atoms with Gasteiger partial charge in [0.1, 0.15) is 12.6 Å². The number of nitrogens with two attached hydrogens (primary N) is 1. The van der Waals surface area contributed by atoms with Gasteiger partial charge in [0.2, 0.25) is 0 Å². The predicted octanol–water partition coefficient (Wildman–Crippen LogP) is 1.14. The summed E-state index contributed by atoms with van der Waals surface area (Å²) in [5.41, 5.74) is 6.60. The molecule has 1 aliphatic heterocycles. The maximum Gasteiger partial charge on any atom is 0.282 e. The Labute approximate surface area is 99.5 Å². The fourth-order valence-corrected chi connectivity index (χ4v) is 1.65. The summed E-state index contributed by atoms with van der Waals surface area (Å²) in [6.45, 7) is 2.13. The lowest BCUT2D eigenvalue weighted by Crippen LogP contribution is -2.26. The predicted molar refractivity (Wildman–Crippen MR) is 64.5 cm³/mol. The Balaban J connectivity index is 1.74. The smallest absolute Gasteiger partial charge is 0.282 e. The van der Waals surface area contributed by atoms with E-state index in [1.807, 2.05) is 24.3 Å². The largest absolute Gasteiger partial charge is 0.463 e. The highest BCUT2D eigenvalue weighted by molar-refractivity contribution is 6.30. The first kappa shape index (κ1) is 11.2. The van der Waals surface area contributed by atoms with Crippen molar-refractivity contribution < 1.29 is 4.74 Å². The van der Waals surface area contributed by atoms with Crippen LogP contribution in [0.1, 0.15) is 5.56 Å². The minimum Gasteiger partial charge on any atom is -0.463 e. The second-order valence-electron chi connectivity index (χ2n) is 3.69. The molecule has 2 rings (SSSR count). The third kappa shape index (κ3) is 3.12. The van der Waals surface area contributed by atoms with Crippen LogP contribution in [0.5, 0.6) is 0 Å². The molecule has 0 radical (unpaired) electrons. The van der Waals surface area contributed by atoms with E-state index in [4.69, 9.17) is 22.1 Å². The van der Waals surface area contributed by atoms with Gasteiger partial charge in [0.25, 0.3) is 6.02 Å². The topological polar surface area (TPSA) is 59.6 Å². The van der Waals surface area contributed by atoms with Gasteiger partial charge in [-0.25, -0.2) is 4.99 Å². The highest BCUT2D eigenvalue weighted by atomic mass is 35.5. The van der Waals surface area contributed by atoms with Gasteiger partial charge in [-0.3, -0.25) is 0 Å². The van der Waals surface area contributed by atoms with E-state index < -0.39 is 0 Å². The average Bonchev–Trinajstić information content (AvgIpc) is 2.67. The highest BCUT2D eigenvalue weighted by Gasteiger charge is 2.15. The number of halogens is 1. The Bertz CT molecular complexity index is 377. The lowest BCUT2D eigenvalue weighted by molar-refractivity contribution is 0.309. The SMILES string of the molecule is NC1=N[C@H](CNCc2ccc(Cl)cc2)CO1. The zero-order valence-corrected chi connectivity index (χ0v) is 9.57. The van der Waals surface area contributed by atoms with Gasteiger partial charge in [-0.1, -0.05) is 23.7 Å². The highest BCUT2D eigenvalue weighted by Crippen LogP contribution is 2.09. The molecule has 16 heavy (non-hydrogen) atoms. The van der Waals surface area contributed by atoms with Crippen LogP contribution in [0.3, 0.4) is 0 Å². The van der Waals surface area contributed by atoms with Gasteiger partial charge in [0.15, 0.2) is 0 Å². The Kier molecular flexibility index (Phi) is 3.64. The van der Waals surface area contributed by atoms with E-state index in [2.05, 4.69) is 10.3 Å². The average molecular weight is 240 g/mol. The first-order chi connectivity index (χ1) is 7.74. The quantitative estimate of drug-likeness (QED) is 0.829. The van der Waals surface area contributed by atoms with E-state index in [1.54, 1.807) is 0 Å². The van der Waals surface area contributed by atoms with Crippen molar-refractivity contribution >= 4 is 17.6 Å². The Hall–Kier alpha value is -1.26. The van der Waals surface area contributed by atoms with Crippen LogP contribution in [0.15, 0.2) is 29.3 Å². The molecule has 1 aliphatic rings. The van der Waals surface area contributed by atoms with Crippen LogP contribution in [-0.4, -0.2) is 25.2 Å². The summed E-state index contributed by atoms with van der Waals surface area (Å²) in [5, 5.41) is 4.05. The molecule has 1 aromatic carbocycles. The fourth-order valence-electron chi connectivity index (χ4n) is 1.53. The van der Waals surface area contributed by atoms with Crippen molar-refractivity contribution in [1.82, 2.24) is 5.32 Å². The van der Waals surface area contributed by atoms with Crippen molar-refractivity contribution in [2.75, 3.05) is 13.2 Å². The number of nitrogens with zero attached hydrogens (tertiary/aromatic N) is 1. The summed E-state index contributed by atoms with van der Waals surface area (Å²) in [6.07, 6.45) is 0. The van der Waals surface area contributed by atoms with E-state index in [9.17, 15) is 0 Å². The second-order valence-corrected chi connectivity index (χ2v) is 4.13. The summed E-state index contributed by atoms with van der Waals surface area (Å²) in [7, 11) is 0. The lowest BCUT2D eigenvalue weighted by atomic mass is 10.2. The molecule has 1 atom stereocenters. The molecule has 3 N–H and O–H groups in total. The third-order valence-electron chi connectivity index (χ3n) is 2.36. The first-order valence-corrected chi connectivity index (χ1v) is 5.53. The van der Waals surface area contributed by atoms with Gasteiger partial charge in [0, 0.05) is 18.1 Å². The normalized spacial score (nSPS) is 19.3. The fraction of sp³-hybridized carbons (Fsp3) is 0.364. The molecule has 0 aliphatic carbocycles. The lowest BCUT2D eigenvalue weighted by Gasteiger charge is -2.07. The molecule has 0 amide bonds. The zero-order valence-electron chi connectivity index (χ0n) is 8.82. The number of aliphatic imine (C=N–C) groups is 1. The molecule has 0 saturated carbocycles. The van der Waals surface area contributed by atoms with Crippen molar-refractivity contribution in [2.45, 2.75) is 12.6 Å². The maximum absolute atomic E-state index is 5.80. The number of ether oxygens (including phenoxy) is 1. The second kappa shape index (κ2) is 5.18. The van der Waals surface area contributed by atoms with Crippen LogP contribution in [0.2, 0.25) is 5.02 Å². The molecule has 1 aromatic rings. The zero-order chi connectivity index (χ0) is 11.4. The first-order valence-electron chi connectivity index (χ1n) is 5.15. The van der Waals surface area contributed by atoms with E-state index in [-0.39, 0.29) is 6.04 Å². The molecular weight excluding hydrogens is 226 g/mol. The van der Waals surface area contributed by atoms with Crippen LogP contribution in [-0.2, 0) is 11.3 Å². The standard InChI is InChI=1S/C11H14ClN3O/c12-9-3-1-8(2-4-9)5-14-6-10-7-16-11(13)15-10/h1-4,10,14H,5-7H2,(H2,13,15)/t10-/m1/s1. The minimum absolute atomic E-state index is 0.132. The van der Waals surface area contributed by atoms with E-state index >= 15 is 0 Å². The van der Waals surface area contributed by atoms with Crippen LogP contribution in [0.25, 0.3) is 0 Å². The van der Waals surface area contributed by atoms with Crippen molar-refractivity contribution in [1.29, 1.82) is 0 Å². The van der Waals surface area contributed by atoms with E-state index in [0.717, 1.165) is 18.1 Å². The third-order valence-corrected chi connectivity index (χ3v) is 2.61. The molecule has 0 aromatic heterocycles. The molecule has 0 unspecified atom stereocenters. The number of nitrogens with one attached hydrogen (secondary N) is 1. The Morgan fingerprint density at radius 2 is 2.19 bits per heavy atom. The molecule has 0 spiro atoms. The van der Waals surface area contributed by atoms with Crippen molar-refractivity contribution in [3.05, 3.63) is 34.9 Å². The molecule has 4 nitrogen and oxygen atoms in total. The molecule has 5 heteroatoms. The van der Waals surface area contributed by atoms with Gasteiger partial charge in [-0.15, -0.1) is 0 Å². The monoisotopic (exact) mass is 239 g/mol. The van der Waals surface area contributed by atoms with Crippen LogP contribution in [0, 0.1) is 0 Å². The molecule has 0 saturated heterocycles. The summed E-state index contributed by atoms with van der Waals surface area (Å²) in [6, 6.07) is 8.18. The van der Waals surface area contributed by atoms with Crippen molar-refractivity contribution in [2.24, 2.45) is 10.7 Å². The summed E-state index contributed by atoms with van der Waals surface area (Å²) in [5.74, 6) is 0. The van der Waals surface area contributed by atoms with Crippen LogP contribution < -0.4 is 11.1 Å². The minimum atomic E-state index is 0.132. The number of rotatable bonds is 4. The Morgan fingerprint density at radius 3 is 2.81 bits per heavy atom. The summed E-state index contributed by atoms with van der Waals surface area (Å²) >= 11 is 5.80. The summed E-state index contributed by atoms with van der Waals surface area (Å²) in [4.78, 5) is 4.12. The summed E-state index contributed by atoms with van der Waals surface area (Å²) < 4.78 is 5.05. The number of benzene rings is 1. The van der Waals surface area contributed by atoms with Gasteiger partial charge in [0.05, 0.1) is 0 Å². The maximum atomic E-state index is 5.80. The Morgan fingerprint density at radius 1 is 1.44 bits per heavy atom. The number of hydrogen-bond donors (Lipinski definition) is 2. The number of hydrogen-bond acceptors (Lipinski definition) is 4. The number of amidine groups is 1. The van der Waals surface area contributed by atoms with Crippen molar-refractivity contribution in [3.63, 3.8) is 0 Å². The molecular formula is C11H14ClN3O. The van der Waals surface area contributed by atoms with E-state index in [1.165, 1.54) is 5.56 Å². The molecule has 0 fully saturated rings. The van der Waals surface area contributed by atoms with Gasteiger partial charge in [-0.2, -0.15) is 0 Å². The van der Waals surface area contributed by atoms with Crippen LogP contribution >= 0.6 is 11.6 Å². The van der Waals surface area contributed by atoms with Crippen molar-refractivity contribution in [3.8, 4) is 0 Å².